The zero-order valence-electron chi connectivity index (χ0n) is 17.2. The maximum absolute atomic E-state index is 13.6. The van der Waals surface area contributed by atoms with Gasteiger partial charge in [0, 0.05) is 12.1 Å². The van der Waals surface area contributed by atoms with E-state index in [-0.39, 0.29) is 18.2 Å². The number of carboxylic acids is 1. The summed E-state index contributed by atoms with van der Waals surface area (Å²) >= 11 is 0. The molecule has 6 N–H and O–H groups in total. The van der Waals surface area contributed by atoms with E-state index < -0.39 is 17.9 Å². The highest BCUT2D eigenvalue weighted by Gasteiger charge is 2.13. The van der Waals surface area contributed by atoms with Crippen molar-refractivity contribution in [1.29, 1.82) is 0 Å². The third-order valence-electron chi connectivity index (χ3n) is 4.81. The number of aliphatic carboxylic acids is 1. The van der Waals surface area contributed by atoms with Crippen LogP contribution in [-0.2, 0) is 17.8 Å². The van der Waals surface area contributed by atoms with Gasteiger partial charge < -0.3 is 21.9 Å². The van der Waals surface area contributed by atoms with Crippen molar-refractivity contribution in [1.82, 2.24) is 5.32 Å². The predicted molar refractivity (Wildman–Crippen MR) is 120 cm³/mol. The predicted octanol–water partition coefficient (Wildman–Crippen LogP) is 2.69. The number of carbonyl (C=O) groups excluding carboxylic acids is 1. The smallest absolute Gasteiger partial charge is 0.320 e. The molecule has 8 heteroatoms. The molecule has 7 nitrogen and oxygen atoms in total. The Kier molecular flexibility index (Phi) is 7.30. The molecule has 0 saturated carbocycles. The lowest BCUT2D eigenvalue weighted by atomic mass is 9.99. The fourth-order valence-corrected chi connectivity index (χ4v) is 3.14. The van der Waals surface area contributed by atoms with E-state index in [0.29, 0.717) is 17.7 Å². The molecule has 0 spiro atoms. The van der Waals surface area contributed by atoms with Crippen molar-refractivity contribution < 1.29 is 19.1 Å². The zero-order chi connectivity index (χ0) is 23.1. The van der Waals surface area contributed by atoms with Crippen LogP contribution in [0.4, 0.5) is 4.39 Å². The van der Waals surface area contributed by atoms with Crippen molar-refractivity contribution in [2.24, 2.45) is 16.5 Å². The molecule has 0 radical (unpaired) electrons. The Labute approximate surface area is 184 Å². The van der Waals surface area contributed by atoms with Gasteiger partial charge in [0.15, 0.2) is 5.96 Å². The lowest BCUT2D eigenvalue weighted by Crippen LogP contribution is -2.32. The topological polar surface area (TPSA) is 131 Å². The Hall–Kier alpha value is -4.04. The molecule has 0 aliphatic heterocycles. The Morgan fingerprint density at radius 2 is 1.75 bits per heavy atom. The van der Waals surface area contributed by atoms with Gasteiger partial charge in [-0.05, 0) is 52.9 Å². The molecule has 0 fully saturated rings. The van der Waals surface area contributed by atoms with E-state index in [0.717, 1.165) is 16.7 Å². The molecule has 1 amide bonds. The van der Waals surface area contributed by atoms with Gasteiger partial charge in [0.05, 0.1) is 0 Å². The van der Waals surface area contributed by atoms with Crippen molar-refractivity contribution >= 4 is 17.8 Å². The lowest BCUT2D eigenvalue weighted by Gasteiger charge is -2.11. The number of carboxylic acid groups (broad SMARTS) is 1. The molecule has 3 aromatic rings. The lowest BCUT2D eigenvalue weighted by molar-refractivity contribution is -0.138. The minimum absolute atomic E-state index is 0.0546. The average molecular weight is 434 g/mol. The van der Waals surface area contributed by atoms with E-state index in [9.17, 15) is 14.0 Å². The number of rotatable bonds is 7. The summed E-state index contributed by atoms with van der Waals surface area (Å²) in [6, 6.07) is 19.1. The van der Waals surface area contributed by atoms with Crippen LogP contribution in [0.5, 0.6) is 0 Å². The summed E-state index contributed by atoms with van der Waals surface area (Å²) in [6.45, 7) is 0.293. The number of guanidine groups is 1. The third-order valence-corrected chi connectivity index (χ3v) is 4.81. The van der Waals surface area contributed by atoms with Crippen LogP contribution in [-0.4, -0.2) is 29.0 Å². The second-order valence-corrected chi connectivity index (χ2v) is 7.17. The fourth-order valence-electron chi connectivity index (χ4n) is 3.14. The first-order valence-electron chi connectivity index (χ1n) is 9.87. The Morgan fingerprint density at radius 3 is 2.44 bits per heavy atom. The number of carbonyl (C=O) groups is 2. The summed E-state index contributed by atoms with van der Waals surface area (Å²) < 4.78 is 13.6. The first kappa shape index (κ1) is 22.6. The highest BCUT2D eigenvalue weighted by molar-refractivity contribution is 6.02. The molecule has 1 atom stereocenters. The summed E-state index contributed by atoms with van der Waals surface area (Å²) in [5.41, 5.74) is 14.8. The molecule has 164 valence electrons. The summed E-state index contributed by atoms with van der Waals surface area (Å²) in [5.74, 6) is -2.01. The number of benzene rings is 3. The van der Waals surface area contributed by atoms with Crippen LogP contribution in [0.15, 0.2) is 77.8 Å². The van der Waals surface area contributed by atoms with Gasteiger partial charge in [-0.15, -0.1) is 0 Å². The molecule has 0 saturated heterocycles. The number of halogens is 1. The van der Waals surface area contributed by atoms with Crippen molar-refractivity contribution in [2.75, 3.05) is 0 Å². The maximum Gasteiger partial charge on any atom is 0.320 e. The van der Waals surface area contributed by atoms with Crippen LogP contribution in [0.1, 0.15) is 21.5 Å². The Balaban J connectivity index is 1.65. The zero-order valence-corrected chi connectivity index (χ0v) is 17.2. The summed E-state index contributed by atoms with van der Waals surface area (Å²) in [7, 11) is 0. The first-order valence-corrected chi connectivity index (χ1v) is 9.87. The van der Waals surface area contributed by atoms with Gasteiger partial charge in [-0.1, -0.05) is 48.5 Å². The van der Waals surface area contributed by atoms with Gasteiger partial charge in [0.1, 0.15) is 11.9 Å². The van der Waals surface area contributed by atoms with E-state index in [1.165, 1.54) is 12.1 Å². The minimum Gasteiger partial charge on any atom is -0.480 e. The van der Waals surface area contributed by atoms with Gasteiger partial charge in [-0.2, -0.15) is 4.99 Å². The van der Waals surface area contributed by atoms with E-state index in [4.69, 9.17) is 16.6 Å². The van der Waals surface area contributed by atoms with Crippen LogP contribution in [0.25, 0.3) is 11.1 Å². The normalized spacial score (nSPS) is 12.2. The molecule has 0 aliphatic carbocycles. The molecule has 3 aromatic carbocycles. The van der Waals surface area contributed by atoms with Crippen LogP contribution in [0.3, 0.4) is 0 Å². The highest BCUT2D eigenvalue weighted by atomic mass is 19.1. The van der Waals surface area contributed by atoms with E-state index in [1.54, 1.807) is 30.3 Å². The Bertz CT molecular complexity index is 1150. The van der Waals surface area contributed by atoms with E-state index >= 15 is 0 Å². The molecule has 0 bridgehead atoms. The molecular weight excluding hydrogens is 411 g/mol. The number of nitrogens with zero attached hydrogens (tertiary/aromatic N) is 1. The maximum atomic E-state index is 13.6. The fraction of sp³-hybridized carbons (Fsp3) is 0.125. The summed E-state index contributed by atoms with van der Waals surface area (Å²) in [5, 5.41) is 11.8. The van der Waals surface area contributed by atoms with E-state index in [2.05, 4.69) is 10.3 Å². The highest BCUT2D eigenvalue weighted by Crippen LogP contribution is 2.24. The van der Waals surface area contributed by atoms with Crippen molar-refractivity contribution in [3.63, 3.8) is 0 Å². The first-order chi connectivity index (χ1) is 15.3. The number of nitrogens with one attached hydrogen (secondary N) is 1. The quantitative estimate of drug-likeness (QED) is 0.334. The van der Waals surface area contributed by atoms with Crippen LogP contribution in [0.2, 0.25) is 0 Å². The number of nitrogens with two attached hydrogens (primary N) is 2. The van der Waals surface area contributed by atoms with Gasteiger partial charge in [0.2, 0.25) is 0 Å². The number of aliphatic imine (C=N–C) groups is 1. The number of hydrogen-bond acceptors (Lipinski definition) is 3. The van der Waals surface area contributed by atoms with Crippen molar-refractivity contribution in [3.05, 3.63) is 95.3 Å². The monoisotopic (exact) mass is 434 g/mol. The van der Waals surface area contributed by atoms with Crippen molar-refractivity contribution in [2.45, 2.75) is 19.0 Å². The van der Waals surface area contributed by atoms with Crippen LogP contribution >= 0.6 is 0 Å². The van der Waals surface area contributed by atoms with Gasteiger partial charge in [0.25, 0.3) is 5.91 Å². The largest absolute Gasteiger partial charge is 0.480 e. The standard InChI is InChI=1S/C24H23FN4O3/c25-19-6-3-5-17(13-19)20-7-2-1-4-18(20)14-28-24(27)29-22(30)16-10-8-15(9-11-16)12-21(26)23(31)32/h1-11,13,21H,12,14,26H2,(H,31,32)(H3,27,28,29,30)/t21-/m0/s1. The average Bonchev–Trinajstić information content (AvgIpc) is 2.78. The summed E-state index contributed by atoms with van der Waals surface area (Å²) in [4.78, 5) is 27.1. The van der Waals surface area contributed by atoms with Crippen molar-refractivity contribution in [3.8, 4) is 11.1 Å². The molecular formula is C24H23FN4O3. The van der Waals surface area contributed by atoms with Gasteiger partial charge in [-0.25, -0.2) is 4.39 Å². The number of hydrogen-bond donors (Lipinski definition) is 4. The summed E-state index contributed by atoms with van der Waals surface area (Å²) in [6.07, 6.45) is 0.154. The second-order valence-electron chi connectivity index (χ2n) is 7.17. The molecule has 3 rings (SSSR count). The second kappa shape index (κ2) is 10.3. The Morgan fingerprint density at radius 1 is 1.03 bits per heavy atom. The number of amides is 1. The van der Waals surface area contributed by atoms with Crippen LogP contribution < -0.4 is 16.8 Å². The van der Waals surface area contributed by atoms with Gasteiger partial charge >= 0.3 is 5.97 Å². The van der Waals surface area contributed by atoms with Crippen LogP contribution in [0, 0.1) is 5.82 Å². The third kappa shape index (κ3) is 5.99. The SMILES string of the molecule is NC(=NC(=O)c1ccc(C[C@H](N)C(=O)O)cc1)NCc1ccccc1-c1cccc(F)c1. The van der Waals surface area contributed by atoms with E-state index in [1.807, 2.05) is 30.3 Å². The minimum atomic E-state index is -1.09. The molecule has 0 aliphatic rings. The molecule has 0 heterocycles. The molecule has 0 aromatic heterocycles. The molecule has 32 heavy (non-hydrogen) atoms. The van der Waals surface area contributed by atoms with Gasteiger partial charge in [-0.3, -0.25) is 9.59 Å². The molecule has 0 unspecified atom stereocenters.